The molecular formula is C19H21N3O3. The van der Waals surface area contributed by atoms with Gasteiger partial charge in [0, 0.05) is 23.9 Å². The van der Waals surface area contributed by atoms with Crippen molar-refractivity contribution in [1.29, 1.82) is 0 Å². The highest BCUT2D eigenvalue weighted by atomic mass is 16.5. The number of ether oxygens (including phenoxy) is 1. The van der Waals surface area contributed by atoms with Crippen LogP contribution in [0.25, 0.3) is 22.2 Å². The standard InChI is InChI=1S/C19H21N3O3/c1-12(23)18-14-9-8-13(15-6-5-7-17(20-15)25-4)10-16(14)22(21-18)11-19(2,3)24/h5-10,24H,11H2,1-4H3. The molecule has 0 amide bonds. The first-order valence-corrected chi connectivity index (χ1v) is 8.04. The van der Waals surface area contributed by atoms with Crippen molar-refractivity contribution < 1.29 is 14.6 Å². The van der Waals surface area contributed by atoms with E-state index in [1.54, 1.807) is 31.7 Å². The van der Waals surface area contributed by atoms with Gasteiger partial charge in [0.15, 0.2) is 5.78 Å². The van der Waals surface area contributed by atoms with Gasteiger partial charge < -0.3 is 9.84 Å². The molecule has 130 valence electrons. The van der Waals surface area contributed by atoms with Gasteiger partial charge in [-0.05, 0) is 32.0 Å². The van der Waals surface area contributed by atoms with Crippen molar-refractivity contribution in [3.63, 3.8) is 0 Å². The van der Waals surface area contributed by atoms with Gasteiger partial charge in [-0.1, -0.05) is 12.1 Å². The minimum absolute atomic E-state index is 0.105. The molecule has 0 aliphatic rings. The predicted molar refractivity (Wildman–Crippen MR) is 95.8 cm³/mol. The molecule has 0 unspecified atom stereocenters. The average molecular weight is 339 g/mol. The summed E-state index contributed by atoms with van der Waals surface area (Å²) in [5.41, 5.74) is 1.90. The molecule has 0 aliphatic carbocycles. The average Bonchev–Trinajstić information content (AvgIpc) is 2.91. The lowest BCUT2D eigenvalue weighted by molar-refractivity contribution is 0.0588. The number of hydrogen-bond acceptors (Lipinski definition) is 5. The third kappa shape index (κ3) is 3.53. The number of Topliss-reactive ketones (excluding diaryl/α,β-unsaturated/α-hetero) is 1. The van der Waals surface area contributed by atoms with E-state index in [2.05, 4.69) is 10.1 Å². The minimum Gasteiger partial charge on any atom is -0.481 e. The molecule has 25 heavy (non-hydrogen) atoms. The number of rotatable bonds is 5. The number of pyridine rings is 1. The first kappa shape index (κ1) is 17.1. The Kier molecular flexibility index (Phi) is 4.30. The molecule has 0 aliphatic heterocycles. The lowest BCUT2D eigenvalue weighted by Crippen LogP contribution is -2.26. The molecule has 0 bridgehead atoms. The number of aliphatic hydroxyl groups is 1. The molecule has 6 heteroatoms. The summed E-state index contributed by atoms with van der Waals surface area (Å²) >= 11 is 0. The third-order valence-corrected chi connectivity index (χ3v) is 3.85. The number of nitrogens with zero attached hydrogens (tertiary/aromatic N) is 3. The summed E-state index contributed by atoms with van der Waals surface area (Å²) in [5.74, 6) is 0.429. The lowest BCUT2D eigenvalue weighted by atomic mass is 10.1. The first-order valence-electron chi connectivity index (χ1n) is 8.04. The van der Waals surface area contributed by atoms with E-state index < -0.39 is 5.60 Å². The second kappa shape index (κ2) is 6.29. The number of benzene rings is 1. The molecular weight excluding hydrogens is 318 g/mol. The molecule has 0 radical (unpaired) electrons. The summed E-state index contributed by atoms with van der Waals surface area (Å²) in [4.78, 5) is 16.4. The van der Waals surface area contributed by atoms with Crippen LogP contribution in [0.5, 0.6) is 5.88 Å². The van der Waals surface area contributed by atoms with E-state index in [-0.39, 0.29) is 12.3 Å². The van der Waals surface area contributed by atoms with E-state index in [0.717, 1.165) is 22.2 Å². The highest BCUT2D eigenvalue weighted by Gasteiger charge is 2.20. The van der Waals surface area contributed by atoms with Crippen LogP contribution in [0.3, 0.4) is 0 Å². The largest absolute Gasteiger partial charge is 0.481 e. The summed E-state index contributed by atoms with van der Waals surface area (Å²) in [7, 11) is 1.58. The Morgan fingerprint density at radius 3 is 2.68 bits per heavy atom. The molecule has 0 atom stereocenters. The fourth-order valence-corrected chi connectivity index (χ4v) is 2.77. The van der Waals surface area contributed by atoms with Gasteiger partial charge >= 0.3 is 0 Å². The Hall–Kier alpha value is -2.73. The van der Waals surface area contributed by atoms with Gasteiger partial charge in [0.1, 0.15) is 5.69 Å². The van der Waals surface area contributed by atoms with Crippen molar-refractivity contribution in [2.75, 3.05) is 7.11 Å². The molecule has 0 saturated heterocycles. The van der Waals surface area contributed by atoms with Gasteiger partial charge in [-0.25, -0.2) is 4.98 Å². The Morgan fingerprint density at radius 2 is 2.04 bits per heavy atom. The van der Waals surface area contributed by atoms with Gasteiger partial charge in [0.25, 0.3) is 0 Å². The van der Waals surface area contributed by atoms with Gasteiger partial charge in [0.05, 0.1) is 30.5 Å². The van der Waals surface area contributed by atoms with Crippen LogP contribution in [0, 0.1) is 0 Å². The van der Waals surface area contributed by atoms with Crippen LogP contribution in [-0.2, 0) is 6.54 Å². The number of methoxy groups -OCH3 is 1. The summed E-state index contributed by atoms with van der Waals surface area (Å²) in [6, 6.07) is 11.3. The molecule has 0 saturated carbocycles. The van der Waals surface area contributed by atoms with Crippen molar-refractivity contribution in [1.82, 2.24) is 14.8 Å². The monoisotopic (exact) mass is 339 g/mol. The maximum Gasteiger partial charge on any atom is 0.213 e. The zero-order chi connectivity index (χ0) is 18.2. The summed E-state index contributed by atoms with van der Waals surface area (Å²) in [6.07, 6.45) is 0. The van der Waals surface area contributed by atoms with Crippen LogP contribution < -0.4 is 4.74 Å². The Morgan fingerprint density at radius 1 is 1.28 bits per heavy atom. The second-order valence-electron chi connectivity index (χ2n) is 6.67. The number of ketones is 1. The Bertz CT molecular complexity index is 939. The van der Waals surface area contributed by atoms with Crippen molar-refractivity contribution in [2.45, 2.75) is 32.9 Å². The minimum atomic E-state index is -0.947. The molecule has 3 rings (SSSR count). The summed E-state index contributed by atoms with van der Waals surface area (Å²) in [5, 5.41) is 15.3. The number of carbonyl (C=O) groups excluding carboxylic acids is 1. The quantitative estimate of drug-likeness (QED) is 0.723. The Labute approximate surface area is 146 Å². The molecule has 0 spiro atoms. The van der Waals surface area contributed by atoms with Crippen LogP contribution in [0.1, 0.15) is 31.3 Å². The molecule has 2 heterocycles. The zero-order valence-electron chi connectivity index (χ0n) is 14.8. The van der Waals surface area contributed by atoms with Gasteiger partial charge in [-0.15, -0.1) is 0 Å². The van der Waals surface area contributed by atoms with E-state index in [1.807, 2.05) is 30.3 Å². The van der Waals surface area contributed by atoms with E-state index in [9.17, 15) is 9.90 Å². The summed E-state index contributed by atoms with van der Waals surface area (Å²) in [6.45, 7) is 5.20. The van der Waals surface area contributed by atoms with Crippen molar-refractivity contribution in [3.8, 4) is 17.1 Å². The van der Waals surface area contributed by atoms with E-state index in [0.29, 0.717) is 11.6 Å². The zero-order valence-corrected chi connectivity index (χ0v) is 14.8. The van der Waals surface area contributed by atoms with Crippen molar-refractivity contribution in [2.24, 2.45) is 0 Å². The highest BCUT2D eigenvalue weighted by molar-refractivity contribution is 6.05. The van der Waals surface area contributed by atoms with Gasteiger partial charge in [-0.2, -0.15) is 5.10 Å². The second-order valence-corrected chi connectivity index (χ2v) is 6.67. The van der Waals surface area contributed by atoms with Gasteiger partial charge in [0.2, 0.25) is 5.88 Å². The van der Waals surface area contributed by atoms with Gasteiger partial charge in [-0.3, -0.25) is 9.48 Å². The summed E-state index contributed by atoms with van der Waals surface area (Å²) < 4.78 is 6.86. The highest BCUT2D eigenvalue weighted by Crippen LogP contribution is 2.27. The smallest absolute Gasteiger partial charge is 0.213 e. The maximum absolute atomic E-state index is 11.9. The van der Waals surface area contributed by atoms with E-state index >= 15 is 0 Å². The van der Waals surface area contributed by atoms with Crippen molar-refractivity contribution in [3.05, 3.63) is 42.1 Å². The van der Waals surface area contributed by atoms with E-state index in [1.165, 1.54) is 6.92 Å². The van der Waals surface area contributed by atoms with Crippen LogP contribution in [0.2, 0.25) is 0 Å². The van der Waals surface area contributed by atoms with Crippen LogP contribution in [0.4, 0.5) is 0 Å². The molecule has 6 nitrogen and oxygen atoms in total. The first-order chi connectivity index (χ1) is 11.8. The SMILES string of the molecule is COc1cccc(-c2ccc3c(C(C)=O)nn(CC(C)(C)O)c3c2)n1. The fourth-order valence-electron chi connectivity index (χ4n) is 2.77. The maximum atomic E-state index is 11.9. The predicted octanol–water partition coefficient (Wildman–Crippen LogP) is 3.08. The van der Waals surface area contributed by atoms with Crippen molar-refractivity contribution >= 4 is 16.7 Å². The van der Waals surface area contributed by atoms with Crippen LogP contribution in [-0.4, -0.2) is 38.4 Å². The molecule has 2 aromatic heterocycles. The third-order valence-electron chi connectivity index (χ3n) is 3.85. The molecule has 3 aromatic rings. The van der Waals surface area contributed by atoms with E-state index in [4.69, 9.17) is 4.74 Å². The van der Waals surface area contributed by atoms with Crippen LogP contribution >= 0.6 is 0 Å². The number of hydrogen-bond donors (Lipinski definition) is 1. The Balaban J connectivity index is 2.17. The lowest BCUT2D eigenvalue weighted by Gasteiger charge is -2.17. The topological polar surface area (TPSA) is 77.2 Å². The molecule has 0 fully saturated rings. The molecule has 1 N–H and O–H groups in total. The van der Waals surface area contributed by atoms with Crippen LogP contribution in [0.15, 0.2) is 36.4 Å². The number of fused-ring (bicyclic) bond motifs is 1. The fraction of sp³-hybridized carbons (Fsp3) is 0.316. The number of carbonyl (C=O) groups is 1. The normalized spacial score (nSPS) is 11.7. The number of aromatic nitrogens is 3. The molecule has 1 aromatic carbocycles.